The summed E-state index contributed by atoms with van der Waals surface area (Å²) in [6, 6.07) is -1.33. The first-order valence-electron chi connectivity index (χ1n) is 5.53. The maximum Gasteiger partial charge on any atom is 0.330 e. The lowest BCUT2D eigenvalue weighted by molar-refractivity contribution is -0.151. The molecule has 0 aromatic carbocycles. The van der Waals surface area contributed by atoms with Gasteiger partial charge in [-0.15, -0.1) is 0 Å². The summed E-state index contributed by atoms with van der Waals surface area (Å²) in [6.45, 7) is 6.74. The van der Waals surface area contributed by atoms with Crippen molar-refractivity contribution >= 4 is 17.9 Å². The van der Waals surface area contributed by atoms with E-state index < -0.39 is 29.2 Å². The van der Waals surface area contributed by atoms with E-state index in [9.17, 15) is 14.4 Å². The summed E-state index contributed by atoms with van der Waals surface area (Å²) in [5.41, 5.74) is -1.58. The van der Waals surface area contributed by atoms with Crippen molar-refractivity contribution in [1.82, 2.24) is 10.2 Å². The van der Waals surface area contributed by atoms with Gasteiger partial charge in [0.2, 0.25) is 0 Å². The fourth-order valence-corrected chi connectivity index (χ4v) is 2.19. The minimum Gasteiger partial charge on any atom is -0.458 e. The van der Waals surface area contributed by atoms with Gasteiger partial charge in [0.05, 0.1) is 0 Å². The van der Waals surface area contributed by atoms with E-state index in [0.29, 0.717) is 6.42 Å². The summed E-state index contributed by atoms with van der Waals surface area (Å²) >= 11 is 0. The summed E-state index contributed by atoms with van der Waals surface area (Å²) < 4.78 is 5.13. The fourth-order valence-electron chi connectivity index (χ4n) is 2.19. The average Bonchev–Trinajstić information content (AvgIpc) is 2.48. The van der Waals surface area contributed by atoms with Crippen molar-refractivity contribution in [3.8, 4) is 0 Å². The Morgan fingerprint density at radius 1 is 1.24 bits per heavy atom. The predicted octanol–water partition coefficient (Wildman–Crippen LogP) is 0.411. The molecule has 94 valence electrons. The van der Waals surface area contributed by atoms with E-state index in [2.05, 4.69) is 5.32 Å². The van der Waals surface area contributed by atoms with Crippen LogP contribution >= 0.6 is 0 Å². The molecule has 1 N–H and O–H groups in total. The second-order valence-corrected chi connectivity index (χ2v) is 5.63. The van der Waals surface area contributed by atoms with Crippen molar-refractivity contribution in [1.29, 1.82) is 0 Å². The van der Waals surface area contributed by atoms with Crippen molar-refractivity contribution in [2.24, 2.45) is 0 Å². The van der Waals surface area contributed by atoms with E-state index in [1.165, 1.54) is 0 Å². The van der Waals surface area contributed by atoms with Gasteiger partial charge in [-0.25, -0.2) is 14.5 Å². The summed E-state index contributed by atoms with van der Waals surface area (Å²) in [6.07, 6.45) is 0.334. The van der Waals surface area contributed by atoms with E-state index in [-0.39, 0.29) is 5.91 Å². The van der Waals surface area contributed by atoms with Crippen LogP contribution in [0.15, 0.2) is 0 Å². The van der Waals surface area contributed by atoms with E-state index in [1.807, 2.05) is 0 Å². The van der Waals surface area contributed by atoms with E-state index in [0.717, 1.165) is 4.90 Å². The molecule has 2 saturated heterocycles. The van der Waals surface area contributed by atoms with Crippen LogP contribution in [0.25, 0.3) is 0 Å². The number of nitrogens with one attached hydrogen (secondary N) is 1. The Bertz CT molecular complexity index is 414. The normalized spacial score (nSPS) is 30.5. The Morgan fingerprint density at radius 2 is 1.82 bits per heavy atom. The molecular weight excluding hydrogens is 224 g/mol. The van der Waals surface area contributed by atoms with Crippen LogP contribution in [-0.2, 0) is 14.3 Å². The van der Waals surface area contributed by atoms with Crippen LogP contribution in [0, 0.1) is 0 Å². The van der Waals surface area contributed by atoms with Crippen molar-refractivity contribution in [3.63, 3.8) is 0 Å². The molecule has 6 heteroatoms. The molecule has 0 aromatic rings. The molecule has 0 spiro atoms. The van der Waals surface area contributed by atoms with Gasteiger partial charge in [-0.2, -0.15) is 0 Å². The highest BCUT2D eigenvalue weighted by atomic mass is 16.6. The number of urea groups is 1. The van der Waals surface area contributed by atoms with Gasteiger partial charge in [0, 0.05) is 6.42 Å². The molecule has 2 aliphatic heterocycles. The Hall–Kier alpha value is -1.59. The second kappa shape index (κ2) is 3.21. The number of carbonyl (C=O) groups is 3. The van der Waals surface area contributed by atoms with Gasteiger partial charge in [-0.05, 0) is 27.7 Å². The highest BCUT2D eigenvalue weighted by molar-refractivity contribution is 6.09. The number of carbonyl (C=O) groups excluding carboxylic acids is 3. The number of hydrogen-bond donors (Lipinski definition) is 1. The zero-order valence-electron chi connectivity index (χ0n) is 10.4. The monoisotopic (exact) mass is 240 g/mol. The highest BCUT2D eigenvalue weighted by Crippen LogP contribution is 2.32. The van der Waals surface area contributed by atoms with Crippen molar-refractivity contribution in [3.05, 3.63) is 0 Å². The van der Waals surface area contributed by atoms with Gasteiger partial charge >= 0.3 is 12.0 Å². The molecule has 0 aliphatic carbocycles. The summed E-state index contributed by atoms with van der Waals surface area (Å²) in [4.78, 5) is 36.4. The van der Waals surface area contributed by atoms with Gasteiger partial charge in [-0.3, -0.25) is 4.79 Å². The number of rotatable bonds is 1. The van der Waals surface area contributed by atoms with Gasteiger partial charge in [0.1, 0.15) is 17.2 Å². The Morgan fingerprint density at radius 3 is 2.18 bits per heavy atom. The number of amides is 3. The van der Waals surface area contributed by atoms with Crippen molar-refractivity contribution in [2.45, 2.75) is 51.3 Å². The first-order valence-corrected chi connectivity index (χ1v) is 5.53. The molecule has 0 aromatic heterocycles. The Balaban J connectivity index is 2.28. The van der Waals surface area contributed by atoms with Crippen LogP contribution in [0.1, 0.15) is 34.1 Å². The number of hydrogen-bond acceptors (Lipinski definition) is 4. The zero-order chi connectivity index (χ0) is 13.0. The molecular formula is C11H16N2O4. The van der Waals surface area contributed by atoms with Crippen molar-refractivity contribution in [2.75, 3.05) is 0 Å². The second-order valence-electron chi connectivity index (χ2n) is 5.63. The number of esters is 1. The molecule has 2 heterocycles. The van der Waals surface area contributed by atoms with E-state index >= 15 is 0 Å². The molecule has 1 unspecified atom stereocenters. The molecule has 2 rings (SSSR count). The predicted molar refractivity (Wildman–Crippen MR) is 58.0 cm³/mol. The first-order chi connectivity index (χ1) is 7.64. The van der Waals surface area contributed by atoms with Crippen LogP contribution in [0.2, 0.25) is 0 Å². The molecule has 0 radical (unpaired) electrons. The number of cyclic esters (lactones) is 1. The Kier molecular flexibility index (Phi) is 2.24. The molecule has 0 bridgehead atoms. The Labute approximate surface area is 99.3 Å². The number of imide groups is 1. The minimum absolute atomic E-state index is 0.334. The topological polar surface area (TPSA) is 75.7 Å². The third kappa shape index (κ3) is 1.77. The third-order valence-electron chi connectivity index (χ3n) is 3.04. The van der Waals surface area contributed by atoms with Crippen LogP contribution in [0.5, 0.6) is 0 Å². The third-order valence-corrected chi connectivity index (χ3v) is 3.04. The summed E-state index contributed by atoms with van der Waals surface area (Å²) in [5.74, 6) is -0.904. The van der Waals surface area contributed by atoms with Gasteiger partial charge in [0.25, 0.3) is 5.91 Å². The lowest BCUT2D eigenvalue weighted by Crippen LogP contribution is -2.45. The highest BCUT2D eigenvalue weighted by Gasteiger charge is 2.54. The summed E-state index contributed by atoms with van der Waals surface area (Å²) in [5, 5.41) is 2.55. The standard InChI is InChI=1S/C11H16N2O4/c1-10(2)5-6(7(14)17-10)13-8(15)11(3,4)12-9(13)16/h6H,5H2,1-4H3,(H,12,16). The quantitative estimate of drug-likeness (QED) is 0.532. The van der Waals surface area contributed by atoms with E-state index in [4.69, 9.17) is 4.74 Å². The maximum absolute atomic E-state index is 12.0. The average molecular weight is 240 g/mol. The van der Waals surface area contributed by atoms with Gasteiger partial charge < -0.3 is 10.1 Å². The molecule has 1 atom stereocenters. The van der Waals surface area contributed by atoms with Crippen LogP contribution in [0.3, 0.4) is 0 Å². The lowest BCUT2D eigenvalue weighted by atomic mass is 10.0. The molecule has 6 nitrogen and oxygen atoms in total. The smallest absolute Gasteiger partial charge is 0.330 e. The first kappa shape index (κ1) is 11.9. The van der Waals surface area contributed by atoms with Crippen LogP contribution in [-0.4, -0.2) is 40.0 Å². The number of ether oxygens (including phenoxy) is 1. The molecule has 2 fully saturated rings. The largest absolute Gasteiger partial charge is 0.458 e. The fraction of sp³-hybridized carbons (Fsp3) is 0.727. The SMILES string of the molecule is CC1(C)CC(N2C(=O)NC(C)(C)C2=O)C(=O)O1. The van der Waals surface area contributed by atoms with Crippen molar-refractivity contribution < 1.29 is 19.1 Å². The number of nitrogens with zero attached hydrogens (tertiary/aromatic N) is 1. The van der Waals surface area contributed by atoms with Gasteiger partial charge in [0.15, 0.2) is 0 Å². The van der Waals surface area contributed by atoms with Crippen LogP contribution in [0.4, 0.5) is 4.79 Å². The molecule has 17 heavy (non-hydrogen) atoms. The molecule has 0 saturated carbocycles. The zero-order valence-corrected chi connectivity index (χ0v) is 10.4. The maximum atomic E-state index is 12.0. The summed E-state index contributed by atoms with van der Waals surface area (Å²) in [7, 11) is 0. The lowest BCUT2D eigenvalue weighted by Gasteiger charge is -2.19. The minimum atomic E-state index is -0.954. The van der Waals surface area contributed by atoms with Gasteiger partial charge in [-0.1, -0.05) is 0 Å². The van der Waals surface area contributed by atoms with Crippen LogP contribution < -0.4 is 5.32 Å². The molecule has 3 amide bonds. The molecule has 2 aliphatic rings. The van der Waals surface area contributed by atoms with E-state index in [1.54, 1.807) is 27.7 Å².